The number of hydrogen-bond acceptors (Lipinski definition) is 4. The first-order valence-electron chi connectivity index (χ1n) is 8.13. The Labute approximate surface area is 149 Å². The average molecular weight is 343 g/mol. The lowest BCUT2D eigenvalue weighted by Crippen LogP contribution is -2.37. The van der Waals surface area contributed by atoms with Gasteiger partial charge in [-0.2, -0.15) is 0 Å². The van der Waals surface area contributed by atoms with Gasteiger partial charge in [-0.1, -0.05) is 23.8 Å². The van der Waals surface area contributed by atoms with E-state index in [1.165, 1.54) is 0 Å². The van der Waals surface area contributed by atoms with Gasteiger partial charge >= 0.3 is 0 Å². The van der Waals surface area contributed by atoms with Gasteiger partial charge in [-0.15, -0.1) is 0 Å². The second-order valence-corrected chi connectivity index (χ2v) is 5.96. The zero-order valence-electron chi connectivity index (χ0n) is 15.4. The maximum Gasteiger partial charge on any atom is 0.263 e. The summed E-state index contributed by atoms with van der Waals surface area (Å²) in [7, 11) is 4.94. The molecule has 1 atom stereocenters. The van der Waals surface area contributed by atoms with Crippen molar-refractivity contribution in [3.8, 4) is 17.2 Å². The lowest BCUT2D eigenvalue weighted by Gasteiger charge is -2.22. The molecule has 0 unspecified atom stereocenters. The van der Waals surface area contributed by atoms with Crippen LogP contribution in [0.1, 0.15) is 18.1 Å². The summed E-state index contributed by atoms with van der Waals surface area (Å²) in [6.45, 7) is 4.23. The summed E-state index contributed by atoms with van der Waals surface area (Å²) in [4.78, 5) is 14.2. The van der Waals surface area contributed by atoms with Crippen LogP contribution in [0.5, 0.6) is 17.2 Å². The van der Waals surface area contributed by atoms with Gasteiger partial charge < -0.3 is 19.1 Å². The fraction of sp³-hybridized carbons (Fsp3) is 0.350. The predicted molar refractivity (Wildman–Crippen MR) is 97.3 cm³/mol. The number of aryl methyl sites for hydroxylation is 1. The van der Waals surface area contributed by atoms with Crippen LogP contribution in [-0.2, 0) is 11.3 Å². The standard InChI is InChI=1S/C20H25NO4/c1-14-6-9-17(10-7-14)25-15(2)20(22)21(3)13-16-8-11-18(23-4)19(12-16)24-5/h6-12,15H,13H2,1-5H3/t15-/m1/s1. The number of ether oxygens (including phenoxy) is 3. The van der Waals surface area contributed by atoms with Gasteiger partial charge in [-0.05, 0) is 43.7 Å². The monoisotopic (exact) mass is 343 g/mol. The zero-order chi connectivity index (χ0) is 18.4. The molecule has 5 heteroatoms. The normalized spacial score (nSPS) is 11.6. The molecule has 2 rings (SSSR count). The highest BCUT2D eigenvalue weighted by atomic mass is 16.5. The van der Waals surface area contributed by atoms with E-state index in [1.54, 1.807) is 33.1 Å². The minimum atomic E-state index is -0.562. The smallest absolute Gasteiger partial charge is 0.263 e. The van der Waals surface area contributed by atoms with Gasteiger partial charge in [0.15, 0.2) is 17.6 Å². The average Bonchev–Trinajstić information content (AvgIpc) is 2.62. The van der Waals surface area contributed by atoms with Gasteiger partial charge in [-0.3, -0.25) is 4.79 Å². The molecule has 0 aliphatic carbocycles. The van der Waals surface area contributed by atoms with E-state index in [9.17, 15) is 4.79 Å². The molecule has 0 saturated carbocycles. The highest BCUT2D eigenvalue weighted by Crippen LogP contribution is 2.28. The Balaban J connectivity index is 2.00. The molecule has 0 saturated heterocycles. The molecule has 134 valence electrons. The molecule has 1 amide bonds. The Morgan fingerprint density at radius 3 is 2.28 bits per heavy atom. The Kier molecular flexibility index (Phi) is 6.28. The SMILES string of the molecule is COc1ccc(CN(C)C(=O)[C@@H](C)Oc2ccc(C)cc2)cc1OC. The predicted octanol–water partition coefficient (Wildman–Crippen LogP) is 3.44. The van der Waals surface area contributed by atoms with Gasteiger partial charge in [-0.25, -0.2) is 0 Å². The fourth-order valence-corrected chi connectivity index (χ4v) is 2.51. The van der Waals surface area contributed by atoms with Crippen molar-refractivity contribution in [1.82, 2.24) is 4.90 Å². The molecule has 25 heavy (non-hydrogen) atoms. The van der Waals surface area contributed by atoms with Gasteiger partial charge in [0.25, 0.3) is 5.91 Å². The molecule has 2 aromatic carbocycles. The number of nitrogens with zero attached hydrogens (tertiary/aromatic N) is 1. The summed E-state index contributed by atoms with van der Waals surface area (Å²) < 4.78 is 16.3. The number of methoxy groups -OCH3 is 2. The van der Waals surface area contributed by atoms with Crippen molar-refractivity contribution in [3.05, 3.63) is 53.6 Å². The topological polar surface area (TPSA) is 48.0 Å². The van der Waals surface area contributed by atoms with E-state index in [2.05, 4.69) is 0 Å². The number of likely N-dealkylation sites (N-methyl/N-ethyl adjacent to an activating group) is 1. The number of hydrogen-bond donors (Lipinski definition) is 0. The minimum absolute atomic E-state index is 0.0876. The van der Waals surface area contributed by atoms with Gasteiger partial charge in [0, 0.05) is 13.6 Å². The molecular weight excluding hydrogens is 318 g/mol. The minimum Gasteiger partial charge on any atom is -0.493 e. The van der Waals surface area contributed by atoms with E-state index < -0.39 is 6.10 Å². The third-order valence-corrected chi connectivity index (χ3v) is 3.93. The summed E-state index contributed by atoms with van der Waals surface area (Å²) in [6, 6.07) is 13.3. The summed E-state index contributed by atoms with van der Waals surface area (Å²) >= 11 is 0. The van der Waals surface area contributed by atoms with E-state index in [-0.39, 0.29) is 5.91 Å². The van der Waals surface area contributed by atoms with Crippen LogP contribution < -0.4 is 14.2 Å². The van der Waals surface area contributed by atoms with Crippen molar-refractivity contribution in [2.45, 2.75) is 26.5 Å². The Bertz CT molecular complexity index is 712. The molecule has 2 aromatic rings. The molecule has 0 aromatic heterocycles. The van der Waals surface area contributed by atoms with Crippen molar-refractivity contribution in [1.29, 1.82) is 0 Å². The second-order valence-electron chi connectivity index (χ2n) is 5.96. The fourth-order valence-electron chi connectivity index (χ4n) is 2.51. The molecule has 0 spiro atoms. The summed E-state index contributed by atoms with van der Waals surface area (Å²) in [5.74, 6) is 1.91. The largest absolute Gasteiger partial charge is 0.493 e. The van der Waals surface area contributed by atoms with Crippen LogP contribution in [0.2, 0.25) is 0 Å². The molecule has 0 N–H and O–H groups in total. The van der Waals surface area contributed by atoms with Crippen LogP contribution in [0.15, 0.2) is 42.5 Å². The number of benzene rings is 2. The first-order valence-corrected chi connectivity index (χ1v) is 8.13. The first kappa shape index (κ1) is 18.6. The van der Waals surface area contributed by atoms with Crippen LogP contribution >= 0.6 is 0 Å². The first-order chi connectivity index (χ1) is 11.9. The number of rotatable bonds is 7. The Morgan fingerprint density at radius 2 is 1.68 bits per heavy atom. The van der Waals surface area contributed by atoms with Crippen molar-refractivity contribution in [2.75, 3.05) is 21.3 Å². The number of carbonyl (C=O) groups is 1. The third kappa shape index (κ3) is 4.89. The van der Waals surface area contributed by atoms with Crippen LogP contribution in [0.25, 0.3) is 0 Å². The van der Waals surface area contributed by atoms with Crippen molar-refractivity contribution >= 4 is 5.91 Å². The molecule has 0 fully saturated rings. The van der Waals surface area contributed by atoms with Crippen molar-refractivity contribution < 1.29 is 19.0 Å². The Morgan fingerprint density at radius 1 is 1.04 bits per heavy atom. The van der Waals surface area contributed by atoms with E-state index in [0.29, 0.717) is 23.8 Å². The maximum absolute atomic E-state index is 12.5. The number of carbonyl (C=O) groups excluding carboxylic acids is 1. The van der Waals surface area contributed by atoms with Crippen LogP contribution in [0, 0.1) is 6.92 Å². The summed E-state index contributed by atoms with van der Waals surface area (Å²) in [5.41, 5.74) is 2.10. The van der Waals surface area contributed by atoms with Crippen LogP contribution in [0.4, 0.5) is 0 Å². The van der Waals surface area contributed by atoms with Gasteiger partial charge in [0.1, 0.15) is 5.75 Å². The van der Waals surface area contributed by atoms with Gasteiger partial charge in [0.2, 0.25) is 0 Å². The van der Waals surface area contributed by atoms with E-state index >= 15 is 0 Å². The van der Waals surface area contributed by atoms with Crippen LogP contribution in [-0.4, -0.2) is 38.2 Å². The van der Waals surface area contributed by atoms with Gasteiger partial charge in [0.05, 0.1) is 14.2 Å². The summed E-state index contributed by atoms with van der Waals surface area (Å²) in [6.07, 6.45) is -0.562. The molecule has 0 aliphatic heterocycles. The Hall–Kier alpha value is -2.69. The lowest BCUT2D eigenvalue weighted by atomic mass is 10.2. The maximum atomic E-state index is 12.5. The highest BCUT2D eigenvalue weighted by molar-refractivity contribution is 5.80. The van der Waals surface area contributed by atoms with E-state index in [1.807, 2.05) is 49.4 Å². The molecule has 0 radical (unpaired) electrons. The molecule has 5 nitrogen and oxygen atoms in total. The third-order valence-electron chi connectivity index (χ3n) is 3.93. The summed E-state index contributed by atoms with van der Waals surface area (Å²) in [5, 5.41) is 0. The number of amides is 1. The second kappa shape index (κ2) is 8.42. The molecule has 0 bridgehead atoms. The molecule has 0 heterocycles. The van der Waals surface area contributed by atoms with E-state index in [0.717, 1.165) is 11.1 Å². The molecule has 0 aliphatic rings. The van der Waals surface area contributed by atoms with E-state index in [4.69, 9.17) is 14.2 Å². The zero-order valence-corrected chi connectivity index (χ0v) is 15.4. The quantitative estimate of drug-likeness (QED) is 0.773. The van der Waals surface area contributed by atoms with Crippen molar-refractivity contribution in [3.63, 3.8) is 0 Å². The molecular formula is C20H25NO4. The van der Waals surface area contributed by atoms with Crippen LogP contribution in [0.3, 0.4) is 0 Å². The highest BCUT2D eigenvalue weighted by Gasteiger charge is 2.19. The lowest BCUT2D eigenvalue weighted by molar-refractivity contribution is -0.137. The van der Waals surface area contributed by atoms with Crippen molar-refractivity contribution in [2.24, 2.45) is 0 Å².